The van der Waals surface area contributed by atoms with Crippen molar-refractivity contribution < 1.29 is 9.53 Å². The second-order valence-electron chi connectivity index (χ2n) is 5.62. The minimum absolute atomic E-state index is 0.00406. The summed E-state index contributed by atoms with van der Waals surface area (Å²) in [5.74, 6) is 0. The minimum atomic E-state index is -0.295. The van der Waals surface area contributed by atoms with Crippen molar-refractivity contribution in [1.82, 2.24) is 0 Å². The fraction of sp³-hybridized carbons (Fsp3) is 0.278. The summed E-state index contributed by atoms with van der Waals surface area (Å²) >= 11 is 0. The molecule has 0 unspecified atom stereocenters. The van der Waals surface area contributed by atoms with E-state index in [0.29, 0.717) is 13.2 Å². The molecule has 2 N–H and O–H groups in total. The zero-order valence-corrected chi connectivity index (χ0v) is 12.7. The molecular weight excluding hydrogens is 276 g/mol. The zero-order chi connectivity index (χ0) is 15.5. The molecule has 0 saturated heterocycles. The van der Waals surface area contributed by atoms with Crippen molar-refractivity contribution >= 4 is 11.8 Å². The maximum Gasteiger partial charge on any atom is 0.414 e. The van der Waals surface area contributed by atoms with Crippen LogP contribution in [-0.2, 0) is 17.8 Å². The Balaban J connectivity index is 1.69. The number of nitrogens with zero attached hydrogens (tertiary/aromatic N) is 1. The molecule has 4 nitrogen and oxygen atoms in total. The van der Waals surface area contributed by atoms with Gasteiger partial charge in [0.2, 0.25) is 0 Å². The van der Waals surface area contributed by atoms with Crippen molar-refractivity contribution in [1.29, 1.82) is 0 Å². The van der Waals surface area contributed by atoms with E-state index >= 15 is 0 Å². The van der Waals surface area contributed by atoms with Gasteiger partial charge in [-0.1, -0.05) is 42.5 Å². The van der Waals surface area contributed by atoms with Crippen molar-refractivity contribution in [3.05, 3.63) is 65.2 Å². The normalized spacial score (nSPS) is 14.5. The van der Waals surface area contributed by atoms with Crippen molar-refractivity contribution in [3.8, 4) is 0 Å². The lowest BCUT2D eigenvalue weighted by molar-refractivity contribution is 0.147. The molecule has 0 aliphatic carbocycles. The lowest BCUT2D eigenvalue weighted by atomic mass is 10.0. The van der Waals surface area contributed by atoms with Crippen molar-refractivity contribution in [2.75, 3.05) is 11.4 Å². The molecule has 0 aromatic heterocycles. The minimum Gasteiger partial charge on any atom is -0.444 e. The largest absolute Gasteiger partial charge is 0.444 e. The van der Waals surface area contributed by atoms with Gasteiger partial charge in [0.25, 0.3) is 0 Å². The first-order valence-corrected chi connectivity index (χ1v) is 7.52. The second kappa shape index (κ2) is 6.20. The Morgan fingerprint density at radius 3 is 2.77 bits per heavy atom. The standard InChI is InChI=1S/C18H20N2O2/c1-13(19)15-7-8-17-16(11-15)9-10-20(17)18(21)22-12-14-5-3-2-4-6-14/h2-8,11,13H,9-10,12,19H2,1H3/t13-/m1/s1. The summed E-state index contributed by atoms with van der Waals surface area (Å²) in [6.07, 6.45) is 0.548. The molecule has 4 heteroatoms. The highest BCUT2D eigenvalue weighted by molar-refractivity contribution is 5.90. The van der Waals surface area contributed by atoms with Crippen molar-refractivity contribution in [3.63, 3.8) is 0 Å². The number of rotatable bonds is 3. The number of carbonyl (C=O) groups is 1. The van der Waals surface area contributed by atoms with E-state index < -0.39 is 0 Å². The summed E-state index contributed by atoms with van der Waals surface area (Å²) in [4.78, 5) is 14.0. The fourth-order valence-corrected chi connectivity index (χ4v) is 2.69. The molecule has 2 aromatic carbocycles. The SMILES string of the molecule is C[C@@H](N)c1ccc2c(c1)CCN2C(=O)OCc1ccccc1. The Kier molecular flexibility index (Phi) is 4.11. The summed E-state index contributed by atoms with van der Waals surface area (Å²) in [6.45, 7) is 2.91. The first kappa shape index (κ1) is 14.6. The first-order valence-electron chi connectivity index (χ1n) is 7.52. The number of hydrogen-bond acceptors (Lipinski definition) is 3. The van der Waals surface area contributed by atoms with Crippen LogP contribution < -0.4 is 10.6 Å². The summed E-state index contributed by atoms with van der Waals surface area (Å²) < 4.78 is 5.41. The molecule has 1 aliphatic rings. The Morgan fingerprint density at radius 2 is 2.05 bits per heavy atom. The van der Waals surface area contributed by atoms with E-state index in [2.05, 4.69) is 6.07 Å². The van der Waals surface area contributed by atoms with E-state index in [0.717, 1.165) is 28.8 Å². The summed E-state index contributed by atoms with van der Waals surface area (Å²) in [5.41, 5.74) is 10.1. The van der Waals surface area contributed by atoms with Gasteiger partial charge in [-0.15, -0.1) is 0 Å². The maximum atomic E-state index is 12.3. The molecule has 0 saturated carbocycles. The summed E-state index contributed by atoms with van der Waals surface area (Å²) in [7, 11) is 0. The van der Waals surface area contributed by atoms with Gasteiger partial charge in [0, 0.05) is 12.6 Å². The van der Waals surface area contributed by atoms with Gasteiger partial charge < -0.3 is 10.5 Å². The Hall–Kier alpha value is -2.33. The van der Waals surface area contributed by atoms with Gasteiger partial charge in [-0.05, 0) is 36.1 Å². The van der Waals surface area contributed by atoms with E-state index in [4.69, 9.17) is 10.5 Å². The number of amides is 1. The zero-order valence-electron chi connectivity index (χ0n) is 12.7. The van der Waals surface area contributed by atoms with Crippen molar-refractivity contribution in [2.45, 2.75) is 26.0 Å². The van der Waals surface area contributed by atoms with Gasteiger partial charge in [-0.25, -0.2) is 4.79 Å². The van der Waals surface area contributed by atoms with Crippen LogP contribution in [0.2, 0.25) is 0 Å². The van der Waals surface area contributed by atoms with Gasteiger partial charge in [-0.3, -0.25) is 4.90 Å². The van der Waals surface area contributed by atoms with E-state index in [1.807, 2.05) is 49.4 Å². The Morgan fingerprint density at radius 1 is 1.27 bits per heavy atom. The Labute approximate surface area is 130 Å². The van der Waals surface area contributed by atoms with Crippen LogP contribution in [0.4, 0.5) is 10.5 Å². The van der Waals surface area contributed by atoms with E-state index in [-0.39, 0.29) is 12.1 Å². The molecule has 0 bridgehead atoms. The summed E-state index contributed by atoms with van der Waals surface area (Å²) in [6, 6.07) is 15.7. The summed E-state index contributed by atoms with van der Waals surface area (Å²) in [5, 5.41) is 0. The number of anilines is 1. The molecule has 22 heavy (non-hydrogen) atoms. The average Bonchev–Trinajstić information content (AvgIpc) is 2.96. The van der Waals surface area contributed by atoms with Gasteiger partial charge in [0.05, 0.1) is 5.69 Å². The van der Waals surface area contributed by atoms with Crippen molar-refractivity contribution in [2.24, 2.45) is 5.73 Å². The highest BCUT2D eigenvalue weighted by atomic mass is 16.6. The predicted molar refractivity (Wildman–Crippen MR) is 86.7 cm³/mol. The highest BCUT2D eigenvalue weighted by Crippen LogP contribution is 2.30. The number of nitrogens with two attached hydrogens (primary N) is 1. The van der Waals surface area contributed by atoms with Crippen LogP contribution in [0.25, 0.3) is 0 Å². The topological polar surface area (TPSA) is 55.6 Å². The molecular formula is C18H20N2O2. The molecule has 1 aliphatic heterocycles. The monoisotopic (exact) mass is 296 g/mol. The van der Waals surface area contributed by atoms with Gasteiger partial charge in [0.15, 0.2) is 0 Å². The van der Waals surface area contributed by atoms with Crippen LogP contribution in [0.1, 0.15) is 29.7 Å². The van der Waals surface area contributed by atoms with Gasteiger partial charge in [0.1, 0.15) is 6.61 Å². The molecule has 0 radical (unpaired) electrons. The highest BCUT2D eigenvalue weighted by Gasteiger charge is 2.26. The van der Waals surface area contributed by atoms with Gasteiger partial charge in [-0.2, -0.15) is 0 Å². The van der Waals surface area contributed by atoms with Crippen LogP contribution in [0.3, 0.4) is 0 Å². The lowest BCUT2D eigenvalue weighted by Gasteiger charge is -2.17. The number of carbonyl (C=O) groups excluding carboxylic acids is 1. The third-order valence-electron chi connectivity index (χ3n) is 3.95. The molecule has 0 spiro atoms. The lowest BCUT2D eigenvalue weighted by Crippen LogP contribution is -2.29. The van der Waals surface area contributed by atoms with E-state index in [1.54, 1.807) is 4.90 Å². The predicted octanol–water partition coefficient (Wildman–Crippen LogP) is 3.41. The van der Waals surface area contributed by atoms with Crippen LogP contribution in [-0.4, -0.2) is 12.6 Å². The number of ether oxygens (including phenoxy) is 1. The molecule has 0 fully saturated rings. The molecule has 1 heterocycles. The fourth-order valence-electron chi connectivity index (χ4n) is 2.69. The second-order valence-corrected chi connectivity index (χ2v) is 5.62. The third kappa shape index (κ3) is 2.97. The smallest absolute Gasteiger partial charge is 0.414 e. The van der Waals surface area contributed by atoms with Crippen LogP contribution in [0.15, 0.2) is 48.5 Å². The number of hydrogen-bond donors (Lipinski definition) is 1. The maximum absolute atomic E-state index is 12.3. The average molecular weight is 296 g/mol. The van der Waals surface area contributed by atoms with Crippen LogP contribution in [0.5, 0.6) is 0 Å². The molecule has 3 rings (SSSR count). The third-order valence-corrected chi connectivity index (χ3v) is 3.95. The van der Waals surface area contributed by atoms with E-state index in [1.165, 1.54) is 0 Å². The number of benzene rings is 2. The number of fused-ring (bicyclic) bond motifs is 1. The van der Waals surface area contributed by atoms with E-state index in [9.17, 15) is 4.79 Å². The van der Waals surface area contributed by atoms with Gasteiger partial charge >= 0.3 is 6.09 Å². The van der Waals surface area contributed by atoms with Crippen LogP contribution >= 0.6 is 0 Å². The molecule has 1 amide bonds. The molecule has 114 valence electrons. The quantitative estimate of drug-likeness (QED) is 0.944. The molecule has 1 atom stereocenters. The Bertz CT molecular complexity index is 668. The van der Waals surface area contributed by atoms with Crippen LogP contribution in [0, 0.1) is 0 Å². The first-order chi connectivity index (χ1) is 10.6. The molecule has 2 aromatic rings.